The Bertz CT molecular complexity index is 508. The lowest BCUT2D eigenvalue weighted by Gasteiger charge is -2.29. The minimum absolute atomic E-state index is 0.0531. The van der Waals surface area contributed by atoms with Crippen molar-refractivity contribution in [2.75, 3.05) is 5.75 Å². The van der Waals surface area contributed by atoms with E-state index in [1.54, 1.807) is 23.6 Å². The van der Waals surface area contributed by atoms with Crippen molar-refractivity contribution in [2.24, 2.45) is 4.99 Å². The van der Waals surface area contributed by atoms with Gasteiger partial charge in [-0.2, -0.15) is 0 Å². The van der Waals surface area contributed by atoms with Crippen LogP contribution < -0.4 is 0 Å². The molecule has 0 atom stereocenters. The van der Waals surface area contributed by atoms with Gasteiger partial charge in [-0.1, -0.05) is 30.0 Å². The summed E-state index contributed by atoms with van der Waals surface area (Å²) in [6.07, 6.45) is 0. The molecule has 1 aliphatic rings. The minimum atomic E-state index is -0.155. The highest BCUT2D eigenvalue weighted by Gasteiger charge is 2.39. The van der Waals surface area contributed by atoms with Crippen LogP contribution in [0.5, 0.6) is 0 Å². The second kappa shape index (κ2) is 4.76. The lowest BCUT2D eigenvalue weighted by atomic mass is 10.1. The van der Waals surface area contributed by atoms with Gasteiger partial charge in [0, 0.05) is 12.7 Å². The van der Waals surface area contributed by atoms with Gasteiger partial charge in [0.2, 0.25) is 5.91 Å². The van der Waals surface area contributed by atoms with Gasteiger partial charge in [-0.05, 0) is 32.4 Å². The number of amides is 1. The van der Waals surface area contributed by atoms with Gasteiger partial charge in [0.05, 0.1) is 11.2 Å². The summed E-state index contributed by atoms with van der Waals surface area (Å²) in [5.74, 6) is 0.939. The summed E-state index contributed by atoms with van der Waals surface area (Å²) in [7, 11) is 0. The van der Waals surface area contributed by atoms with Crippen molar-refractivity contribution in [1.82, 2.24) is 4.90 Å². The molecular weight excluding hydrogens is 244 g/mol. The van der Waals surface area contributed by atoms with Crippen LogP contribution in [0.15, 0.2) is 29.3 Å². The third-order valence-corrected chi connectivity index (χ3v) is 4.38. The lowest BCUT2D eigenvalue weighted by Crippen LogP contribution is -2.45. The van der Waals surface area contributed by atoms with E-state index in [9.17, 15) is 4.79 Å². The van der Waals surface area contributed by atoms with E-state index < -0.39 is 0 Å². The van der Waals surface area contributed by atoms with Gasteiger partial charge in [-0.15, -0.1) is 0 Å². The highest BCUT2D eigenvalue weighted by atomic mass is 32.2. The van der Waals surface area contributed by atoms with Gasteiger partial charge >= 0.3 is 0 Å². The summed E-state index contributed by atoms with van der Waals surface area (Å²) < 4.78 is 0. The van der Waals surface area contributed by atoms with Gasteiger partial charge < -0.3 is 0 Å². The van der Waals surface area contributed by atoms with Crippen LogP contribution in [0.25, 0.3) is 0 Å². The van der Waals surface area contributed by atoms with E-state index in [0.717, 1.165) is 22.2 Å². The second-order valence-electron chi connectivity index (χ2n) is 5.14. The molecule has 0 aliphatic carbocycles. The first kappa shape index (κ1) is 13.1. The van der Waals surface area contributed by atoms with Crippen LogP contribution in [0.3, 0.4) is 0 Å². The molecule has 18 heavy (non-hydrogen) atoms. The van der Waals surface area contributed by atoms with Crippen molar-refractivity contribution in [3.63, 3.8) is 0 Å². The Labute approximate surface area is 112 Å². The first-order valence-electron chi connectivity index (χ1n) is 6.00. The highest BCUT2D eigenvalue weighted by molar-refractivity contribution is 8.14. The summed E-state index contributed by atoms with van der Waals surface area (Å²) in [5.41, 5.74) is 1.90. The van der Waals surface area contributed by atoms with Crippen molar-refractivity contribution in [2.45, 2.75) is 33.2 Å². The SMILES string of the molecule is CC(=O)N1C(=Nc2ccccc2C)SCC1(C)C. The van der Waals surface area contributed by atoms with Crippen molar-refractivity contribution in [3.8, 4) is 0 Å². The Morgan fingerprint density at radius 1 is 1.39 bits per heavy atom. The number of nitrogens with zero attached hydrogens (tertiary/aromatic N) is 2. The molecule has 1 aromatic rings. The molecule has 1 saturated heterocycles. The molecular formula is C14H18N2OS. The van der Waals surface area contributed by atoms with Crippen LogP contribution in [0, 0.1) is 6.92 Å². The maximum Gasteiger partial charge on any atom is 0.225 e. The number of carbonyl (C=O) groups is 1. The number of carbonyl (C=O) groups excluding carboxylic acids is 1. The standard InChI is InChI=1S/C14H18N2OS/c1-10-7-5-6-8-12(10)15-13-16(11(2)17)14(3,4)9-18-13/h5-8H,9H2,1-4H3. The molecule has 0 unspecified atom stereocenters. The largest absolute Gasteiger partial charge is 0.285 e. The first-order valence-corrected chi connectivity index (χ1v) is 6.98. The molecule has 0 aromatic heterocycles. The fraction of sp³-hybridized carbons (Fsp3) is 0.429. The second-order valence-corrected chi connectivity index (χ2v) is 6.08. The third-order valence-electron chi connectivity index (χ3n) is 3.00. The molecule has 0 radical (unpaired) electrons. The zero-order valence-corrected chi connectivity index (χ0v) is 12.0. The Morgan fingerprint density at radius 2 is 2.06 bits per heavy atom. The third kappa shape index (κ3) is 2.43. The van der Waals surface area contributed by atoms with Crippen LogP contribution >= 0.6 is 11.8 Å². The molecule has 1 fully saturated rings. The molecule has 1 amide bonds. The van der Waals surface area contributed by atoms with Crippen LogP contribution in [-0.2, 0) is 4.79 Å². The Morgan fingerprint density at radius 3 is 2.67 bits per heavy atom. The molecule has 0 N–H and O–H groups in total. The summed E-state index contributed by atoms with van der Waals surface area (Å²) in [6.45, 7) is 7.77. The van der Waals surface area contributed by atoms with Crippen LogP contribution in [-0.4, -0.2) is 27.3 Å². The topological polar surface area (TPSA) is 32.7 Å². The number of aryl methyl sites for hydroxylation is 1. The molecule has 1 aromatic carbocycles. The summed E-state index contributed by atoms with van der Waals surface area (Å²) in [6, 6.07) is 7.97. The van der Waals surface area contributed by atoms with Gasteiger partial charge in [-0.3, -0.25) is 9.69 Å². The van der Waals surface area contributed by atoms with Crippen LogP contribution in [0.2, 0.25) is 0 Å². The van der Waals surface area contributed by atoms with E-state index in [0.29, 0.717) is 0 Å². The molecule has 96 valence electrons. The van der Waals surface area contributed by atoms with Crippen molar-refractivity contribution in [1.29, 1.82) is 0 Å². The zero-order valence-electron chi connectivity index (χ0n) is 11.2. The van der Waals surface area contributed by atoms with E-state index in [4.69, 9.17) is 0 Å². The molecule has 0 spiro atoms. The van der Waals surface area contributed by atoms with E-state index in [2.05, 4.69) is 18.8 Å². The fourth-order valence-electron chi connectivity index (χ4n) is 2.06. The normalized spacial score (nSPS) is 20.4. The monoisotopic (exact) mass is 262 g/mol. The molecule has 1 heterocycles. The molecule has 1 aliphatic heterocycles. The number of thioether (sulfide) groups is 1. The van der Waals surface area contributed by atoms with E-state index in [1.807, 2.05) is 31.2 Å². The Kier molecular flexibility index (Phi) is 3.48. The van der Waals surface area contributed by atoms with Gasteiger partial charge in [0.25, 0.3) is 0 Å². The molecule has 2 rings (SSSR count). The predicted octanol–water partition coefficient (Wildman–Crippen LogP) is 3.36. The van der Waals surface area contributed by atoms with Crippen LogP contribution in [0.1, 0.15) is 26.3 Å². The lowest BCUT2D eigenvalue weighted by molar-refractivity contribution is -0.127. The maximum atomic E-state index is 11.8. The van der Waals surface area contributed by atoms with E-state index in [-0.39, 0.29) is 11.4 Å². The highest BCUT2D eigenvalue weighted by Crippen LogP contribution is 2.34. The van der Waals surface area contributed by atoms with Crippen molar-refractivity contribution in [3.05, 3.63) is 29.8 Å². The Hall–Kier alpha value is -1.29. The maximum absolute atomic E-state index is 11.8. The number of amidine groups is 1. The van der Waals surface area contributed by atoms with E-state index >= 15 is 0 Å². The van der Waals surface area contributed by atoms with Crippen molar-refractivity contribution >= 4 is 28.5 Å². The number of aliphatic imine (C=N–C) groups is 1. The summed E-state index contributed by atoms with van der Waals surface area (Å²) in [4.78, 5) is 18.2. The number of rotatable bonds is 1. The number of benzene rings is 1. The average molecular weight is 262 g/mol. The molecule has 0 saturated carbocycles. The average Bonchev–Trinajstić information content (AvgIpc) is 2.57. The summed E-state index contributed by atoms with van der Waals surface area (Å²) >= 11 is 1.64. The van der Waals surface area contributed by atoms with Gasteiger partial charge in [0.15, 0.2) is 5.17 Å². The fourth-order valence-corrected chi connectivity index (χ4v) is 3.34. The smallest absolute Gasteiger partial charge is 0.225 e. The number of para-hydroxylation sites is 1. The van der Waals surface area contributed by atoms with Gasteiger partial charge in [0.1, 0.15) is 0 Å². The number of hydrogen-bond acceptors (Lipinski definition) is 3. The van der Waals surface area contributed by atoms with Gasteiger partial charge in [-0.25, -0.2) is 4.99 Å². The van der Waals surface area contributed by atoms with E-state index in [1.165, 1.54) is 0 Å². The summed E-state index contributed by atoms with van der Waals surface area (Å²) in [5, 5.41) is 0.807. The molecule has 0 bridgehead atoms. The number of hydrogen-bond donors (Lipinski definition) is 0. The molecule has 4 heteroatoms. The quantitative estimate of drug-likeness (QED) is 0.777. The predicted molar refractivity (Wildman–Crippen MR) is 77.3 cm³/mol. The Balaban J connectivity index is 2.39. The zero-order chi connectivity index (χ0) is 13.3. The minimum Gasteiger partial charge on any atom is -0.285 e. The molecule has 3 nitrogen and oxygen atoms in total. The first-order chi connectivity index (χ1) is 8.42. The van der Waals surface area contributed by atoms with Crippen molar-refractivity contribution < 1.29 is 4.79 Å². The van der Waals surface area contributed by atoms with Crippen LogP contribution in [0.4, 0.5) is 5.69 Å².